The smallest absolute Gasteiger partial charge is 0.258 e. The first kappa shape index (κ1) is 27.7. The number of amides is 1. The molecule has 2 aliphatic heterocycles. The van der Waals surface area contributed by atoms with Crippen molar-refractivity contribution in [1.82, 2.24) is 15.1 Å². The van der Waals surface area contributed by atoms with Crippen LogP contribution in [0.15, 0.2) is 64.0 Å². The number of nitrogens with zero attached hydrogens (tertiary/aromatic N) is 2. The normalized spacial score (nSPS) is 16.2. The fourth-order valence-electron chi connectivity index (χ4n) is 5.41. The van der Waals surface area contributed by atoms with Gasteiger partial charge in [0.1, 0.15) is 12.0 Å². The summed E-state index contributed by atoms with van der Waals surface area (Å²) >= 11 is 0. The Balaban J connectivity index is 1.07. The average molecular weight is 548 g/mol. The summed E-state index contributed by atoms with van der Waals surface area (Å²) in [6, 6.07) is 16.0. The minimum atomic E-state index is -0.299. The molecule has 2 aromatic carbocycles. The SMILES string of the molecule is COc1cc2c(cc1OC)CN(Cc1cc(=O)c(OCC(=O)NC3CCN(Cc4ccccc4)CC3)co1)CC2. The molecular weight excluding hydrogens is 510 g/mol. The number of piperidine rings is 1. The highest BCUT2D eigenvalue weighted by molar-refractivity contribution is 5.77. The number of methoxy groups -OCH3 is 2. The third-order valence-corrected chi connectivity index (χ3v) is 7.59. The molecule has 3 aromatic rings. The predicted molar refractivity (Wildman–Crippen MR) is 151 cm³/mol. The van der Waals surface area contributed by atoms with Gasteiger partial charge in [-0.05, 0) is 48.1 Å². The van der Waals surface area contributed by atoms with Crippen molar-refractivity contribution < 1.29 is 23.4 Å². The molecule has 1 saturated heterocycles. The lowest BCUT2D eigenvalue weighted by Crippen LogP contribution is -2.45. The van der Waals surface area contributed by atoms with Gasteiger partial charge in [0.25, 0.3) is 5.91 Å². The van der Waals surface area contributed by atoms with E-state index in [4.69, 9.17) is 18.6 Å². The molecule has 1 aromatic heterocycles. The Morgan fingerprint density at radius 3 is 2.35 bits per heavy atom. The average Bonchev–Trinajstić information content (AvgIpc) is 2.97. The first-order valence-corrected chi connectivity index (χ1v) is 13.8. The zero-order chi connectivity index (χ0) is 27.9. The van der Waals surface area contributed by atoms with Crippen molar-refractivity contribution in [1.29, 1.82) is 0 Å². The lowest BCUT2D eigenvalue weighted by molar-refractivity contribution is -0.124. The fraction of sp³-hybridized carbons (Fsp3) is 0.419. The van der Waals surface area contributed by atoms with E-state index < -0.39 is 0 Å². The molecule has 1 amide bonds. The molecule has 9 heteroatoms. The molecule has 0 saturated carbocycles. The van der Waals surface area contributed by atoms with E-state index in [0.717, 1.165) is 51.2 Å². The van der Waals surface area contributed by atoms with Gasteiger partial charge in [-0.1, -0.05) is 30.3 Å². The van der Waals surface area contributed by atoms with Crippen LogP contribution in [-0.4, -0.2) is 62.2 Å². The number of carbonyl (C=O) groups excluding carboxylic acids is 1. The first-order valence-electron chi connectivity index (χ1n) is 13.8. The van der Waals surface area contributed by atoms with Crippen molar-refractivity contribution in [3.63, 3.8) is 0 Å². The highest BCUT2D eigenvalue weighted by atomic mass is 16.5. The molecule has 40 heavy (non-hydrogen) atoms. The number of benzene rings is 2. The summed E-state index contributed by atoms with van der Waals surface area (Å²) in [6.45, 7) is 4.59. The maximum atomic E-state index is 12.7. The number of nitrogens with one attached hydrogen (secondary N) is 1. The second kappa shape index (κ2) is 13.0. The molecule has 9 nitrogen and oxygen atoms in total. The summed E-state index contributed by atoms with van der Waals surface area (Å²) in [5.41, 5.74) is 3.40. The van der Waals surface area contributed by atoms with E-state index in [1.165, 1.54) is 29.0 Å². The van der Waals surface area contributed by atoms with Gasteiger partial charge in [0.15, 0.2) is 18.1 Å². The van der Waals surface area contributed by atoms with Crippen LogP contribution in [0.25, 0.3) is 0 Å². The van der Waals surface area contributed by atoms with Crippen LogP contribution in [0.4, 0.5) is 0 Å². The third-order valence-electron chi connectivity index (χ3n) is 7.59. The van der Waals surface area contributed by atoms with Gasteiger partial charge in [-0.2, -0.15) is 0 Å². The lowest BCUT2D eigenvalue weighted by Gasteiger charge is -2.32. The molecule has 0 atom stereocenters. The highest BCUT2D eigenvalue weighted by Gasteiger charge is 2.22. The van der Waals surface area contributed by atoms with Crippen molar-refractivity contribution in [3.8, 4) is 17.2 Å². The number of likely N-dealkylation sites (tertiary alicyclic amines) is 1. The number of hydrogen-bond acceptors (Lipinski definition) is 8. The fourth-order valence-corrected chi connectivity index (χ4v) is 5.41. The zero-order valence-corrected chi connectivity index (χ0v) is 23.2. The van der Waals surface area contributed by atoms with Crippen molar-refractivity contribution in [2.45, 2.75) is 44.9 Å². The predicted octanol–water partition coefficient (Wildman–Crippen LogP) is 3.37. The zero-order valence-electron chi connectivity index (χ0n) is 23.2. The van der Waals surface area contributed by atoms with E-state index in [1.807, 2.05) is 18.2 Å². The molecule has 1 N–H and O–H groups in total. The monoisotopic (exact) mass is 547 g/mol. The van der Waals surface area contributed by atoms with Crippen LogP contribution in [0.5, 0.6) is 17.2 Å². The largest absolute Gasteiger partial charge is 0.493 e. The summed E-state index contributed by atoms with van der Waals surface area (Å²) in [7, 11) is 3.27. The molecule has 2 aliphatic rings. The van der Waals surface area contributed by atoms with Crippen LogP contribution < -0.4 is 25.0 Å². The maximum absolute atomic E-state index is 12.7. The molecule has 5 rings (SSSR count). The van der Waals surface area contributed by atoms with Crippen LogP contribution in [0.1, 0.15) is 35.3 Å². The van der Waals surface area contributed by atoms with Gasteiger partial charge in [0.05, 0.1) is 20.8 Å². The van der Waals surface area contributed by atoms with Crippen LogP contribution >= 0.6 is 0 Å². The standard InChI is InChI=1S/C31H37N3O6/c1-37-28-14-23-8-11-34(18-24(23)15-29(28)38-2)19-26-16-27(35)30(20-39-26)40-21-31(36)32-25-9-12-33(13-10-25)17-22-6-4-3-5-7-22/h3-7,14-16,20,25H,8-13,17-19,21H2,1-2H3,(H,32,36). The Kier molecular flexibility index (Phi) is 9.03. The summed E-state index contributed by atoms with van der Waals surface area (Å²) in [5.74, 6) is 1.79. The van der Waals surface area contributed by atoms with Crippen molar-refractivity contribution in [2.75, 3.05) is 40.5 Å². The Morgan fingerprint density at radius 2 is 1.65 bits per heavy atom. The molecule has 0 radical (unpaired) electrons. The minimum Gasteiger partial charge on any atom is -0.493 e. The molecule has 212 valence electrons. The summed E-state index contributed by atoms with van der Waals surface area (Å²) in [6.07, 6.45) is 3.94. The third kappa shape index (κ3) is 7.03. The summed E-state index contributed by atoms with van der Waals surface area (Å²) in [5, 5.41) is 3.04. The Labute approximate surface area is 234 Å². The summed E-state index contributed by atoms with van der Waals surface area (Å²) in [4.78, 5) is 29.7. The van der Waals surface area contributed by atoms with Gasteiger partial charge in [-0.25, -0.2) is 0 Å². The topological polar surface area (TPSA) is 93.5 Å². The molecule has 3 heterocycles. The minimum absolute atomic E-state index is 0.0393. The molecule has 0 unspecified atom stereocenters. The van der Waals surface area contributed by atoms with E-state index in [-0.39, 0.29) is 29.7 Å². The van der Waals surface area contributed by atoms with E-state index in [2.05, 4.69) is 39.4 Å². The van der Waals surface area contributed by atoms with Crippen LogP contribution in [0, 0.1) is 0 Å². The lowest BCUT2D eigenvalue weighted by atomic mass is 9.98. The quantitative estimate of drug-likeness (QED) is 0.413. The van der Waals surface area contributed by atoms with E-state index in [9.17, 15) is 9.59 Å². The van der Waals surface area contributed by atoms with E-state index in [1.54, 1.807) is 14.2 Å². The molecule has 0 aliphatic carbocycles. The number of carbonyl (C=O) groups is 1. The molecule has 0 bridgehead atoms. The van der Waals surface area contributed by atoms with Gasteiger partial charge < -0.3 is 23.9 Å². The van der Waals surface area contributed by atoms with E-state index >= 15 is 0 Å². The second-order valence-electron chi connectivity index (χ2n) is 10.4. The van der Waals surface area contributed by atoms with Crippen molar-refractivity contribution in [2.24, 2.45) is 0 Å². The molecule has 0 spiro atoms. The van der Waals surface area contributed by atoms with Crippen LogP contribution in [0.2, 0.25) is 0 Å². The van der Waals surface area contributed by atoms with Crippen molar-refractivity contribution in [3.05, 3.63) is 87.5 Å². The van der Waals surface area contributed by atoms with E-state index in [0.29, 0.717) is 24.6 Å². The van der Waals surface area contributed by atoms with Gasteiger partial charge in [0.2, 0.25) is 11.2 Å². The Bertz CT molecular complexity index is 1350. The van der Waals surface area contributed by atoms with Crippen LogP contribution in [0.3, 0.4) is 0 Å². The Hall–Kier alpha value is -3.82. The van der Waals surface area contributed by atoms with Gasteiger partial charge in [-0.15, -0.1) is 0 Å². The number of rotatable bonds is 10. The Morgan fingerprint density at radius 1 is 0.925 bits per heavy atom. The second-order valence-corrected chi connectivity index (χ2v) is 10.4. The van der Waals surface area contributed by atoms with Gasteiger partial charge in [-0.3, -0.25) is 19.4 Å². The van der Waals surface area contributed by atoms with Crippen molar-refractivity contribution >= 4 is 5.91 Å². The molecule has 1 fully saturated rings. The molecular formula is C31H37N3O6. The first-order chi connectivity index (χ1) is 19.5. The number of ether oxygens (including phenoxy) is 3. The summed E-state index contributed by atoms with van der Waals surface area (Å²) < 4.78 is 22.1. The van der Waals surface area contributed by atoms with Crippen LogP contribution in [-0.2, 0) is 30.8 Å². The number of fused-ring (bicyclic) bond motifs is 1. The number of hydrogen-bond donors (Lipinski definition) is 1. The van der Waals surface area contributed by atoms with Gasteiger partial charge in [0, 0.05) is 44.8 Å². The maximum Gasteiger partial charge on any atom is 0.258 e. The highest BCUT2D eigenvalue weighted by Crippen LogP contribution is 2.33. The van der Waals surface area contributed by atoms with Gasteiger partial charge >= 0.3 is 0 Å².